The zero-order valence-electron chi connectivity index (χ0n) is 14.8. The lowest BCUT2D eigenvalue weighted by molar-refractivity contribution is -0.137. The lowest BCUT2D eigenvalue weighted by Gasteiger charge is -2.13. The molecule has 0 spiro atoms. The van der Waals surface area contributed by atoms with Crippen molar-refractivity contribution in [1.82, 2.24) is 0 Å². The molecule has 0 aliphatic carbocycles. The first-order chi connectivity index (χ1) is 13.3. The lowest BCUT2D eigenvalue weighted by Crippen LogP contribution is -2.07. The first-order valence-corrected chi connectivity index (χ1v) is 8.69. The fourth-order valence-corrected chi connectivity index (χ4v) is 3.09. The zero-order valence-corrected chi connectivity index (χ0v) is 15.5. The molecule has 0 aromatic heterocycles. The van der Waals surface area contributed by atoms with Gasteiger partial charge in [0.15, 0.2) is 0 Å². The molecule has 0 amide bonds. The molecule has 0 saturated heterocycles. The van der Waals surface area contributed by atoms with E-state index in [1.165, 1.54) is 12.1 Å². The highest BCUT2D eigenvalue weighted by Gasteiger charge is 2.30. The first-order valence-electron chi connectivity index (χ1n) is 8.32. The molecule has 3 aromatic rings. The van der Waals surface area contributed by atoms with Gasteiger partial charge in [-0.25, -0.2) is 0 Å². The second-order valence-corrected chi connectivity index (χ2v) is 6.57. The van der Waals surface area contributed by atoms with Gasteiger partial charge in [0.2, 0.25) is 0 Å². The van der Waals surface area contributed by atoms with Crippen LogP contribution in [0, 0.1) is 6.92 Å². The molecule has 0 radical (unpaired) electrons. The Balaban J connectivity index is 1.90. The second kappa shape index (κ2) is 7.94. The van der Waals surface area contributed by atoms with E-state index >= 15 is 0 Å². The van der Waals surface area contributed by atoms with E-state index < -0.39 is 11.7 Å². The van der Waals surface area contributed by atoms with Crippen LogP contribution < -0.4 is 5.32 Å². The van der Waals surface area contributed by atoms with Crippen LogP contribution in [0.25, 0.3) is 0 Å². The summed E-state index contributed by atoms with van der Waals surface area (Å²) >= 11 is 6.36. The minimum atomic E-state index is -4.42. The summed E-state index contributed by atoms with van der Waals surface area (Å²) in [5, 5.41) is 16.1. The number of halogens is 4. The van der Waals surface area contributed by atoms with Crippen LogP contribution in [0.4, 0.5) is 24.5 Å². The van der Waals surface area contributed by atoms with Crippen LogP contribution in [0.2, 0.25) is 5.02 Å². The lowest BCUT2D eigenvalue weighted by atomic mass is 9.98. The molecule has 28 heavy (non-hydrogen) atoms. The van der Waals surface area contributed by atoms with Gasteiger partial charge < -0.3 is 10.5 Å². The van der Waals surface area contributed by atoms with Crippen LogP contribution in [0.5, 0.6) is 0 Å². The monoisotopic (exact) mass is 404 g/mol. The van der Waals surface area contributed by atoms with Crippen molar-refractivity contribution in [3.8, 4) is 0 Å². The van der Waals surface area contributed by atoms with Gasteiger partial charge in [-0.1, -0.05) is 47.1 Å². The quantitative estimate of drug-likeness (QED) is 0.291. The number of anilines is 2. The largest absolute Gasteiger partial charge is 0.416 e. The molecular formula is C21H16ClF3N2O. The molecule has 3 aromatic carbocycles. The average molecular weight is 405 g/mol. The number of nitrogens with zero attached hydrogens (tertiary/aromatic N) is 1. The summed E-state index contributed by atoms with van der Waals surface area (Å²) in [6.07, 6.45) is -4.42. The van der Waals surface area contributed by atoms with Crippen molar-refractivity contribution in [2.75, 3.05) is 5.32 Å². The molecule has 0 atom stereocenters. The summed E-state index contributed by atoms with van der Waals surface area (Å²) in [4.78, 5) is 0. The molecule has 0 fully saturated rings. The summed E-state index contributed by atoms with van der Waals surface area (Å²) in [6.45, 7) is 1.89. The number of hydrogen-bond acceptors (Lipinski definition) is 3. The van der Waals surface area contributed by atoms with Crippen LogP contribution in [0.15, 0.2) is 71.9 Å². The van der Waals surface area contributed by atoms with Crippen LogP contribution in [0.3, 0.4) is 0 Å². The fourth-order valence-electron chi connectivity index (χ4n) is 2.82. The van der Waals surface area contributed by atoms with E-state index in [9.17, 15) is 18.4 Å². The number of aryl methyl sites for hydroxylation is 1. The van der Waals surface area contributed by atoms with E-state index in [1.54, 1.807) is 18.2 Å². The third-order valence-electron chi connectivity index (χ3n) is 4.20. The third kappa shape index (κ3) is 4.28. The first kappa shape index (κ1) is 19.8. The number of rotatable bonds is 4. The van der Waals surface area contributed by atoms with E-state index in [4.69, 9.17) is 11.6 Å². The van der Waals surface area contributed by atoms with Gasteiger partial charge in [-0.2, -0.15) is 13.2 Å². The molecule has 3 nitrogen and oxygen atoms in total. The highest BCUT2D eigenvalue weighted by atomic mass is 35.5. The summed E-state index contributed by atoms with van der Waals surface area (Å²) in [5.41, 5.74) is 2.52. The van der Waals surface area contributed by atoms with Gasteiger partial charge in [0.25, 0.3) is 0 Å². The highest BCUT2D eigenvalue weighted by molar-refractivity contribution is 6.35. The summed E-state index contributed by atoms with van der Waals surface area (Å²) in [7, 11) is 0. The number of benzene rings is 3. The number of hydrogen-bond donors (Lipinski definition) is 2. The third-order valence-corrected chi connectivity index (χ3v) is 4.52. The summed E-state index contributed by atoms with van der Waals surface area (Å²) in [6, 6.07) is 17.2. The van der Waals surface area contributed by atoms with Crippen LogP contribution >= 0.6 is 11.6 Å². The molecule has 7 heteroatoms. The van der Waals surface area contributed by atoms with Crippen molar-refractivity contribution < 1.29 is 18.4 Å². The summed E-state index contributed by atoms with van der Waals surface area (Å²) in [5.74, 6) is 0. The minimum Gasteiger partial charge on any atom is -0.410 e. The molecule has 2 N–H and O–H groups in total. The van der Waals surface area contributed by atoms with E-state index in [-0.39, 0.29) is 5.69 Å². The normalized spacial score (nSPS) is 12.1. The number of oxime groups is 1. The highest BCUT2D eigenvalue weighted by Crippen LogP contribution is 2.32. The van der Waals surface area contributed by atoms with E-state index in [0.717, 1.165) is 23.3 Å². The van der Waals surface area contributed by atoms with Crippen LogP contribution in [-0.2, 0) is 6.18 Å². The predicted molar refractivity (Wildman–Crippen MR) is 105 cm³/mol. The smallest absolute Gasteiger partial charge is 0.410 e. The molecule has 3 rings (SSSR count). The van der Waals surface area contributed by atoms with Gasteiger partial charge in [-0.05, 0) is 48.9 Å². The Morgan fingerprint density at radius 3 is 2.29 bits per heavy atom. The Hall–Kier alpha value is -2.99. The van der Waals surface area contributed by atoms with Gasteiger partial charge >= 0.3 is 6.18 Å². The van der Waals surface area contributed by atoms with E-state index in [2.05, 4.69) is 10.5 Å². The van der Waals surface area contributed by atoms with Crippen molar-refractivity contribution in [3.63, 3.8) is 0 Å². The minimum absolute atomic E-state index is 0.286. The maximum Gasteiger partial charge on any atom is 0.416 e. The van der Waals surface area contributed by atoms with Gasteiger partial charge in [0, 0.05) is 22.5 Å². The van der Waals surface area contributed by atoms with Crippen LogP contribution in [0.1, 0.15) is 22.3 Å². The second-order valence-electron chi connectivity index (χ2n) is 6.16. The van der Waals surface area contributed by atoms with Gasteiger partial charge in [-0.3, -0.25) is 0 Å². The Morgan fingerprint density at radius 2 is 1.64 bits per heavy atom. The Morgan fingerprint density at radius 1 is 0.929 bits per heavy atom. The van der Waals surface area contributed by atoms with Gasteiger partial charge in [-0.15, -0.1) is 0 Å². The van der Waals surface area contributed by atoms with Crippen LogP contribution in [-0.4, -0.2) is 10.9 Å². The topological polar surface area (TPSA) is 44.6 Å². The van der Waals surface area contributed by atoms with Crippen molar-refractivity contribution in [3.05, 3.63) is 94.0 Å². The van der Waals surface area contributed by atoms with Crippen molar-refractivity contribution in [2.24, 2.45) is 5.16 Å². The standard InChI is InChI=1S/C21H16ClF3N2O/c1-13-5-2-3-8-17(13)20(27-28)18-10-9-16(12-19(18)22)26-15-7-4-6-14(11-15)21(23,24)25/h2-12,26,28H,1H3. The SMILES string of the molecule is Cc1ccccc1C(=NO)c1ccc(Nc2cccc(C(F)(F)F)c2)cc1Cl. The molecule has 0 saturated carbocycles. The molecule has 0 heterocycles. The molecule has 0 bridgehead atoms. The van der Waals surface area contributed by atoms with Gasteiger partial charge in [0.1, 0.15) is 5.71 Å². The molecule has 144 valence electrons. The van der Waals surface area contributed by atoms with Crippen molar-refractivity contribution in [2.45, 2.75) is 13.1 Å². The maximum absolute atomic E-state index is 12.9. The Bertz CT molecular complexity index is 1030. The molecular weight excluding hydrogens is 389 g/mol. The Kier molecular flexibility index (Phi) is 5.61. The number of alkyl halides is 3. The predicted octanol–water partition coefficient (Wildman–Crippen LogP) is 6.64. The number of nitrogens with one attached hydrogen (secondary N) is 1. The molecule has 0 aliphatic rings. The van der Waals surface area contributed by atoms with Crippen molar-refractivity contribution >= 4 is 28.7 Å². The molecule has 0 unspecified atom stereocenters. The van der Waals surface area contributed by atoms with E-state index in [1.807, 2.05) is 31.2 Å². The summed E-state index contributed by atoms with van der Waals surface area (Å²) < 4.78 is 38.6. The average Bonchev–Trinajstić information content (AvgIpc) is 2.65. The molecule has 0 aliphatic heterocycles. The van der Waals surface area contributed by atoms with Crippen molar-refractivity contribution in [1.29, 1.82) is 0 Å². The van der Waals surface area contributed by atoms with Gasteiger partial charge in [0.05, 0.1) is 10.6 Å². The fraction of sp³-hybridized carbons (Fsp3) is 0.0952. The Labute approximate surface area is 165 Å². The van der Waals surface area contributed by atoms with E-state index in [0.29, 0.717) is 22.0 Å². The zero-order chi connectivity index (χ0) is 20.3. The maximum atomic E-state index is 12.9.